The van der Waals surface area contributed by atoms with Crippen LogP contribution < -0.4 is 0 Å². The number of carbonyl (C=O) groups excluding carboxylic acids is 2. The monoisotopic (exact) mass is 970 g/mol. The normalized spacial score (nSPS) is 27.3. The van der Waals surface area contributed by atoms with Crippen LogP contribution in [0.25, 0.3) is 0 Å². The molecule has 2 heterocycles. The molecular formula is C56H66Cl4N2O4. The van der Waals surface area contributed by atoms with Crippen molar-refractivity contribution in [3.8, 4) is 0 Å². The quantitative estimate of drug-likeness (QED) is 0.110. The third-order valence-corrected chi connectivity index (χ3v) is 15.8. The van der Waals surface area contributed by atoms with Crippen molar-refractivity contribution in [1.82, 2.24) is 9.80 Å². The molecule has 2 saturated carbocycles. The van der Waals surface area contributed by atoms with Crippen LogP contribution >= 0.6 is 46.4 Å². The molecule has 4 aromatic rings. The zero-order chi connectivity index (χ0) is 47.5. The van der Waals surface area contributed by atoms with Gasteiger partial charge in [-0.1, -0.05) is 135 Å². The van der Waals surface area contributed by atoms with Gasteiger partial charge >= 0.3 is 0 Å². The SMILES string of the molecule is C=CC[C@@]1(C)C[C@H](c2cccc(Cl)c2)C(c2ccc(Cl)cc2)N([C@@H](C2CC2)[C@@H](O)CC)C1=O.C=CC[C@@]1(C)C[C@H](c2cccc(Cl)c2)C(c2ccc(Cl)cc2)N([C@@H](C2CC2)[C@H](O)CC)C1=O. The summed E-state index contributed by atoms with van der Waals surface area (Å²) in [5.41, 5.74) is 3.09. The highest BCUT2D eigenvalue weighted by Crippen LogP contribution is 2.56. The van der Waals surface area contributed by atoms with E-state index in [0.717, 1.165) is 47.9 Å². The summed E-state index contributed by atoms with van der Waals surface area (Å²) in [7, 11) is 0. The van der Waals surface area contributed by atoms with Gasteiger partial charge in [-0.05, 0) is 147 Å². The molecule has 4 fully saturated rings. The van der Waals surface area contributed by atoms with Gasteiger partial charge in [0.15, 0.2) is 0 Å². The summed E-state index contributed by atoms with van der Waals surface area (Å²) < 4.78 is 0. The van der Waals surface area contributed by atoms with Gasteiger partial charge in [0.2, 0.25) is 11.8 Å². The molecule has 10 atom stereocenters. The van der Waals surface area contributed by atoms with Crippen molar-refractivity contribution in [2.75, 3.05) is 0 Å². The molecule has 8 rings (SSSR count). The van der Waals surface area contributed by atoms with Crippen molar-refractivity contribution in [3.05, 3.63) is 165 Å². The summed E-state index contributed by atoms with van der Waals surface area (Å²) in [6.07, 6.45) is 10.5. The molecule has 2 aliphatic carbocycles. The summed E-state index contributed by atoms with van der Waals surface area (Å²) in [6, 6.07) is 30.7. The maximum atomic E-state index is 14.2. The Balaban J connectivity index is 0.000000196. The molecule has 0 spiro atoms. The summed E-state index contributed by atoms with van der Waals surface area (Å²) >= 11 is 25.3. The largest absolute Gasteiger partial charge is 0.391 e. The highest BCUT2D eigenvalue weighted by atomic mass is 35.5. The van der Waals surface area contributed by atoms with Crippen molar-refractivity contribution in [1.29, 1.82) is 0 Å². The van der Waals surface area contributed by atoms with Crippen LogP contribution in [0.4, 0.5) is 0 Å². The van der Waals surface area contributed by atoms with E-state index >= 15 is 0 Å². The number of aliphatic hydroxyl groups excluding tert-OH is 2. The number of hydrogen-bond acceptors (Lipinski definition) is 4. The number of carbonyl (C=O) groups is 2. The number of rotatable bonds is 16. The van der Waals surface area contributed by atoms with E-state index < -0.39 is 23.0 Å². The first-order valence-electron chi connectivity index (χ1n) is 23.8. The molecule has 4 aromatic carbocycles. The Bertz CT molecular complexity index is 2170. The number of amides is 2. The molecule has 66 heavy (non-hydrogen) atoms. The van der Waals surface area contributed by atoms with Crippen LogP contribution in [0.15, 0.2) is 122 Å². The Kier molecular flexibility index (Phi) is 16.3. The first-order chi connectivity index (χ1) is 31.6. The molecule has 4 aliphatic rings. The Morgan fingerprint density at radius 3 is 1.21 bits per heavy atom. The van der Waals surface area contributed by atoms with Crippen LogP contribution in [0.3, 0.4) is 0 Å². The number of likely N-dealkylation sites (tertiary alicyclic amines) is 2. The van der Waals surface area contributed by atoms with E-state index in [9.17, 15) is 19.8 Å². The molecule has 2 N–H and O–H groups in total. The van der Waals surface area contributed by atoms with Crippen LogP contribution in [0, 0.1) is 22.7 Å². The standard InChI is InChI=1S/2C28H33Cl2NO2/c2*1-4-15-28(3)17-23(20-7-6-8-22(30)16-20)25(18-11-13-21(29)14-12-18)31(27(28)33)26(19-9-10-19)24(32)5-2/h2*4,6-8,11-14,16,19,23-26,32H,1,5,9-10,15,17H2,2-3H3/t23-,24+,25?,26+,28+;23-,24-,25?,26+,28+/m11/s1. The molecule has 10 heteroatoms. The van der Waals surface area contributed by atoms with Gasteiger partial charge in [0.25, 0.3) is 0 Å². The molecule has 352 valence electrons. The zero-order valence-electron chi connectivity index (χ0n) is 38.8. The minimum atomic E-state index is -0.599. The van der Waals surface area contributed by atoms with Crippen molar-refractivity contribution in [2.24, 2.45) is 22.7 Å². The lowest BCUT2D eigenvalue weighted by Crippen LogP contribution is -2.59. The first kappa shape index (κ1) is 50.3. The number of hydrogen-bond donors (Lipinski definition) is 2. The zero-order valence-corrected chi connectivity index (χ0v) is 41.8. The fraction of sp³-hybridized carbons (Fsp3) is 0.464. The Labute approximate surface area is 413 Å². The van der Waals surface area contributed by atoms with Crippen LogP contribution in [-0.2, 0) is 9.59 Å². The van der Waals surface area contributed by atoms with Crippen LogP contribution in [-0.4, -0.2) is 56.1 Å². The second-order valence-corrected chi connectivity index (χ2v) is 21.6. The summed E-state index contributed by atoms with van der Waals surface area (Å²) in [5, 5.41) is 25.0. The van der Waals surface area contributed by atoms with E-state index in [4.69, 9.17) is 46.4 Å². The van der Waals surface area contributed by atoms with Gasteiger partial charge in [-0.2, -0.15) is 0 Å². The van der Waals surface area contributed by atoms with Crippen molar-refractivity contribution >= 4 is 58.2 Å². The predicted molar refractivity (Wildman–Crippen MR) is 271 cm³/mol. The number of piperidine rings is 2. The highest BCUT2D eigenvalue weighted by molar-refractivity contribution is 6.31. The van der Waals surface area contributed by atoms with Gasteiger partial charge in [0, 0.05) is 31.9 Å². The lowest BCUT2D eigenvalue weighted by atomic mass is 9.66. The number of benzene rings is 4. The van der Waals surface area contributed by atoms with Crippen molar-refractivity contribution in [2.45, 2.75) is 140 Å². The summed E-state index contributed by atoms with van der Waals surface area (Å²) in [5.74, 6) is 0.903. The minimum Gasteiger partial charge on any atom is -0.391 e. The second kappa shape index (κ2) is 21.3. The maximum Gasteiger partial charge on any atom is 0.229 e. The topological polar surface area (TPSA) is 81.1 Å². The molecular weight excluding hydrogens is 906 g/mol. The number of nitrogens with zero attached hydrogens (tertiary/aromatic N) is 2. The third-order valence-electron chi connectivity index (χ3n) is 14.8. The minimum absolute atomic E-state index is 0.0258. The number of halogens is 4. The Morgan fingerprint density at radius 2 is 0.924 bits per heavy atom. The van der Waals surface area contributed by atoms with Crippen molar-refractivity contribution < 1.29 is 19.8 Å². The van der Waals surface area contributed by atoms with Gasteiger partial charge in [0.05, 0.1) is 47.2 Å². The second-order valence-electron chi connectivity index (χ2n) is 19.9. The van der Waals surface area contributed by atoms with Crippen LogP contribution in [0.5, 0.6) is 0 Å². The lowest BCUT2D eigenvalue weighted by molar-refractivity contribution is -0.160. The summed E-state index contributed by atoms with van der Waals surface area (Å²) in [6.45, 7) is 16.0. The molecule has 2 aliphatic heterocycles. The molecule has 2 unspecified atom stereocenters. The van der Waals surface area contributed by atoms with E-state index in [2.05, 4.69) is 25.3 Å². The lowest BCUT2D eigenvalue weighted by Gasteiger charge is -2.53. The first-order valence-corrected chi connectivity index (χ1v) is 25.3. The van der Waals surface area contributed by atoms with Crippen LogP contribution in [0.1, 0.15) is 138 Å². The predicted octanol–water partition coefficient (Wildman–Crippen LogP) is 14.4. The van der Waals surface area contributed by atoms with Crippen molar-refractivity contribution in [3.63, 3.8) is 0 Å². The molecule has 0 radical (unpaired) electrons. The molecule has 2 saturated heterocycles. The molecule has 0 aromatic heterocycles. The van der Waals surface area contributed by atoms with E-state index in [0.29, 0.717) is 70.5 Å². The third kappa shape index (κ3) is 10.8. The van der Waals surface area contributed by atoms with Gasteiger partial charge in [-0.15, -0.1) is 13.2 Å². The smallest absolute Gasteiger partial charge is 0.229 e. The number of aliphatic hydroxyl groups is 2. The fourth-order valence-corrected chi connectivity index (χ4v) is 11.9. The van der Waals surface area contributed by atoms with Gasteiger partial charge in [-0.25, -0.2) is 0 Å². The van der Waals surface area contributed by atoms with Gasteiger partial charge in [0.1, 0.15) is 0 Å². The van der Waals surface area contributed by atoms with Crippen LogP contribution in [0.2, 0.25) is 20.1 Å². The average Bonchev–Trinajstić information content (AvgIpc) is 4.25. The number of allylic oxidation sites excluding steroid dienone is 2. The molecule has 0 bridgehead atoms. The van der Waals surface area contributed by atoms with E-state index in [1.54, 1.807) is 0 Å². The maximum absolute atomic E-state index is 14.2. The van der Waals surface area contributed by atoms with E-state index in [-0.39, 0.29) is 47.8 Å². The van der Waals surface area contributed by atoms with E-state index in [1.807, 2.05) is 135 Å². The summed E-state index contributed by atoms with van der Waals surface area (Å²) in [4.78, 5) is 32.6. The fourth-order valence-electron chi connectivity index (χ4n) is 11.2. The van der Waals surface area contributed by atoms with Gasteiger partial charge < -0.3 is 20.0 Å². The molecule has 6 nitrogen and oxygen atoms in total. The highest BCUT2D eigenvalue weighted by Gasteiger charge is 2.56. The Hall–Kier alpha value is -3.62. The van der Waals surface area contributed by atoms with Gasteiger partial charge in [-0.3, -0.25) is 9.59 Å². The van der Waals surface area contributed by atoms with E-state index in [1.165, 1.54) is 0 Å². The Morgan fingerprint density at radius 1 is 0.576 bits per heavy atom. The average molecular weight is 973 g/mol. The molecule has 2 amide bonds.